The largest absolute Gasteiger partial charge is 0.453 e. The van der Waals surface area contributed by atoms with Gasteiger partial charge in [0.1, 0.15) is 17.3 Å². The zero-order valence-electron chi connectivity index (χ0n) is 19.5. The molecule has 0 bridgehead atoms. The maximum absolute atomic E-state index is 15.3. The number of morpholine rings is 1. The van der Waals surface area contributed by atoms with Crippen LogP contribution in [0, 0.1) is 18.6 Å². The Morgan fingerprint density at radius 3 is 2.57 bits per heavy atom. The molecular formula is C23H22B2F2N4O4. The minimum atomic E-state index is -1.84. The summed E-state index contributed by atoms with van der Waals surface area (Å²) in [5.74, 6) is -2.67. The fourth-order valence-electron chi connectivity index (χ4n) is 4.20. The van der Waals surface area contributed by atoms with Crippen LogP contribution in [0.25, 0.3) is 16.9 Å². The van der Waals surface area contributed by atoms with Gasteiger partial charge in [0.2, 0.25) is 0 Å². The molecule has 12 heteroatoms. The number of amides is 2. The molecule has 1 fully saturated rings. The number of aromatic nitrogens is 2. The third kappa shape index (κ3) is 4.38. The number of ether oxygens (including phenoxy) is 2. The van der Waals surface area contributed by atoms with E-state index in [9.17, 15) is 9.59 Å². The molecule has 3 aromatic rings. The number of imidazole rings is 1. The molecular weight excluding hydrogens is 456 g/mol. The van der Waals surface area contributed by atoms with E-state index in [1.807, 2.05) is 6.92 Å². The predicted molar refractivity (Wildman–Crippen MR) is 126 cm³/mol. The summed E-state index contributed by atoms with van der Waals surface area (Å²) in [6.45, 7) is 2.22. The van der Waals surface area contributed by atoms with Crippen LogP contribution in [0.1, 0.15) is 21.6 Å². The number of carbonyl (C=O) groups excluding carboxylic acids is 2. The second kappa shape index (κ2) is 9.33. The van der Waals surface area contributed by atoms with Gasteiger partial charge >= 0.3 is 6.09 Å². The van der Waals surface area contributed by atoms with Gasteiger partial charge in [-0.1, -0.05) is 0 Å². The van der Waals surface area contributed by atoms with Crippen molar-refractivity contribution in [3.63, 3.8) is 0 Å². The molecule has 8 nitrogen and oxygen atoms in total. The van der Waals surface area contributed by atoms with Gasteiger partial charge in [-0.05, 0) is 42.0 Å². The summed E-state index contributed by atoms with van der Waals surface area (Å²) in [6.07, 6.45) is 0.108. The molecule has 1 unspecified atom stereocenters. The molecule has 0 saturated carbocycles. The third-order valence-corrected chi connectivity index (χ3v) is 5.99. The van der Waals surface area contributed by atoms with Crippen LogP contribution in [0.15, 0.2) is 30.5 Å². The minimum Gasteiger partial charge on any atom is -0.453 e. The molecule has 3 heterocycles. The van der Waals surface area contributed by atoms with E-state index in [-0.39, 0.29) is 36.6 Å². The number of carbonyl (C=O) groups is 2. The van der Waals surface area contributed by atoms with Crippen molar-refractivity contribution in [1.29, 1.82) is 0 Å². The van der Waals surface area contributed by atoms with Gasteiger partial charge in [0.15, 0.2) is 0 Å². The lowest BCUT2D eigenvalue weighted by Gasteiger charge is -2.41. The fourth-order valence-corrected chi connectivity index (χ4v) is 4.20. The van der Waals surface area contributed by atoms with E-state index in [0.717, 1.165) is 17.7 Å². The molecule has 35 heavy (non-hydrogen) atoms. The normalized spacial score (nSPS) is 16.4. The number of rotatable bonds is 4. The molecule has 1 saturated heterocycles. The lowest BCUT2D eigenvalue weighted by Crippen LogP contribution is -2.55. The number of hydrogen-bond donors (Lipinski definition) is 1. The van der Waals surface area contributed by atoms with Crippen LogP contribution in [0.4, 0.5) is 13.6 Å². The molecule has 1 N–H and O–H groups in total. The number of nitrogens with zero attached hydrogens (tertiary/aromatic N) is 3. The van der Waals surface area contributed by atoms with Gasteiger partial charge < -0.3 is 24.1 Å². The average molecular weight is 478 g/mol. The van der Waals surface area contributed by atoms with Crippen LogP contribution in [-0.4, -0.2) is 81.9 Å². The van der Waals surface area contributed by atoms with Gasteiger partial charge in [0, 0.05) is 37.6 Å². The highest BCUT2D eigenvalue weighted by molar-refractivity contribution is 6.41. The topological polar surface area (TPSA) is 85.2 Å². The van der Waals surface area contributed by atoms with Crippen LogP contribution >= 0.6 is 0 Å². The van der Waals surface area contributed by atoms with Crippen LogP contribution in [0.3, 0.4) is 0 Å². The lowest BCUT2D eigenvalue weighted by atomic mass is 9.48. The highest BCUT2D eigenvalue weighted by Crippen LogP contribution is 2.37. The number of aryl methyl sites for hydroxylation is 1. The molecule has 1 aliphatic heterocycles. The maximum Gasteiger partial charge on any atom is 0.409 e. The summed E-state index contributed by atoms with van der Waals surface area (Å²) in [4.78, 5) is 29.8. The second-order valence-corrected chi connectivity index (χ2v) is 8.34. The zero-order chi connectivity index (χ0) is 25.5. The Morgan fingerprint density at radius 2 is 1.94 bits per heavy atom. The van der Waals surface area contributed by atoms with Crippen LogP contribution in [0.2, 0.25) is 0 Å². The Morgan fingerprint density at radius 1 is 1.26 bits per heavy atom. The first-order chi connectivity index (χ1) is 16.6. The van der Waals surface area contributed by atoms with E-state index in [4.69, 9.17) is 25.2 Å². The molecule has 178 valence electrons. The molecule has 0 spiro atoms. The second-order valence-electron chi connectivity index (χ2n) is 8.34. The molecule has 4 radical (unpaired) electrons. The fraction of sp³-hybridized carbons (Fsp3) is 0.348. The first-order valence-electron chi connectivity index (χ1n) is 10.8. The van der Waals surface area contributed by atoms with Crippen molar-refractivity contribution >= 4 is 33.3 Å². The maximum atomic E-state index is 15.3. The summed E-state index contributed by atoms with van der Waals surface area (Å²) in [5.41, 5.74) is 0.456. The van der Waals surface area contributed by atoms with E-state index < -0.39 is 40.5 Å². The van der Waals surface area contributed by atoms with Crippen molar-refractivity contribution in [3.8, 4) is 11.3 Å². The van der Waals surface area contributed by atoms with E-state index in [1.165, 1.54) is 23.5 Å². The zero-order valence-corrected chi connectivity index (χ0v) is 19.5. The van der Waals surface area contributed by atoms with Gasteiger partial charge in [-0.3, -0.25) is 4.79 Å². The quantitative estimate of drug-likeness (QED) is 0.580. The molecule has 1 aromatic carbocycles. The third-order valence-electron chi connectivity index (χ3n) is 5.99. The summed E-state index contributed by atoms with van der Waals surface area (Å²) in [7, 11) is 15.8. The van der Waals surface area contributed by atoms with Gasteiger partial charge in [-0.25, -0.2) is 18.6 Å². The van der Waals surface area contributed by atoms with Crippen molar-refractivity contribution in [2.75, 3.05) is 33.9 Å². The van der Waals surface area contributed by atoms with Crippen molar-refractivity contribution in [3.05, 3.63) is 58.9 Å². The highest BCUT2D eigenvalue weighted by atomic mass is 19.1. The van der Waals surface area contributed by atoms with Crippen LogP contribution in [0.5, 0.6) is 0 Å². The summed E-state index contributed by atoms with van der Waals surface area (Å²) >= 11 is 0. The van der Waals surface area contributed by atoms with Crippen LogP contribution in [-0.2, 0) is 14.7 Å². The summed E-state index contributed by atoms with van der Waals surface area (Å²) < 4.78 is 42.7. The molecule has 1 aliphatic rings. The van der Waals surface area contributed by atoms with Gasteiger partial charge in [0.05, 0.1) is 46.8 Å². The molecule has 2 amide bonds. The Labute approximate surface area is 203 Å². The number of halogens is 2. The molecule has 2 aromatic heterocycles. The first kappa shape index (κ1) is 24.7. The monoisotopic (exact) mass is 478 g/mol. The summed E-state index contributed by atoms with van der Waals surface area (Å²) in [5, 5.41) is 0.490. The number of pyridine rings is 1. The standard InChI is InChI=1S/C23H22B2F2N4O4/c1-12-4-5-31-17(8-12)29-19(18-14(26)9-13(10-15(18)27)21(32)28-2)20(31)23(24,25)16-11-30(6-7-35-16)22(33)34-3/h4-5,8-10,16H,6-7,11H2,1-3H3,(H,28,32). The van der Waals surface area contributed by atoms with E-state index in [1.54, 1.807) is 18.3 Å². The van der Waals surface area contributed by atoms with Crippen molar-refractivity contribution in [2.24, 2.45) is 0 Å². The Balaban J connectivity index is 1.91. The Bertz CT molecular complexity index is 1290. The van der Waals surface area contributed by atoms with E-state index in [0.29, 0.717) is 5.65 Å². The molecule has 4 rings (SSSR count). The van der Waals surface area contributed by atoms with Gasteiger partial charge in [-0.2, -0.15) is 0 Å². The van der Waals surface area contributed by atoms with Gasteiger partial charge in [0.25, 0.3) is 5.91 Å². The lowest BCUT2D eigenvalue weighted by molar-refractivity contribution is -0.0332. The van der Waals surface area contributed by atoms with Crippen molar-refractivity contribution < 1.29 is 27.8 Å². The smallest absolute Gasteiger partial charge is 0.409 e. The van der Waals surface area contributed by atoms with E-state index in [2.05, 4.69) is 10.3 Å². The Hall–Kier alpha value is -3.40. The number of nitrogens with one attached hydrogen (secondary N) is 1. The predicted octanol–water partition coefficient (Wildman–Crippen LogP) is 1.90. The number of fused-ring (bicyclic) bond motifs is 1. The Kier molecular flexibility index (Phi) is 6.59. The number of methoxy groups -OCH3 is 1. The molecule has 1 atom stereocenters. The van der Waals surface area contributed by atoms with Crippen molar-refractivity contribution in [2.45, 2.75) is 18.2 Å². The van der Waals surface area contributed by atoms with Gasteiger partial charge in [-0.15, -0.1) is 0 Å². The first-order valence-corrected chi connectivity index (χ1v) is 10.8. The highest BCUT2D eigenvalue weighted by Gasteiger charge is 2.41. The number of benzene rings is 1. The molecule has 0 aliphatic carbocycles. The van der Waals surface area contributed by atoms with Crippen molar-refractivity contribution in [1.82, 2.24) is 19.6 Å². The summed E-state index contributed by atoms with van der Waals surface area (Å²) in [6, 6.07) is 5.31. The SMILES string of the molecule is [B]C([B])(c1c(-c2c(F)cc(C(=O)NC)cc2F)nc2cc(C)ccn12)C1CN(C(=O)OC)CCO1. The van der Waals surface area contributed by atoms with E-state index >= 15 is 8.78 Å². The number of hydrogen-bond acceptors (Lipinski definition) is 5. The van der Waals surface area contributed by atoms with Crippen LogP contribution < -0.4 is 5.32 Å². The minimum absolute atomic E-state index is 0.0151. The average Bonchev–Trinajstić information content (AvgIpc) is 3.21.